The van der Waals surface area contributed by atoms with Gasteiger partial charge in [0.05, 0.1) is 6.20 Å². The van der Waals surface area contributed by atoms with E-state index in [0.29, 0.717) is 6.42 Å². The molecule has 8 heteroatoms. The van der Waals surface area contributed by atoms with E-state index in [4.69, 9.17) is 0 Å². The Labute approximate surface area is 106 Å². The zero-order valence-corrected chi connectivity index (χ0v) is 9.92. The molecule has 0 amide bonds. The summed E-state index contributed by atoms with van der Waals surface area (Å²) in [7, 11) is 1.73. The summed E-state index contributed by atoms with van der Waals surface area (Å²) in [5.74, 6) is -6.43. The van der Waals surface area contributed by atoms with Gasteiger partial charge in [0.25, 0.3) is 11.9 Å². The zero-order chi connectivity index (χ0) is 14.0. The van der Waals surface area contributed by atoms with Crippen molar-refractivity contribution in [2.75, 3.05) is 11.9 Å². The van der Waals surface area contributed by atoms with Crippen molar-refractivity contribution in [3.63, 3.8) is 0 Å². The smallest absolute Gasteiger partial charge is 0.253 e. The van der Waals surface area contributed by atoms with Crippen LogP contribution in [0.5, 0.6) is 0 Å². The average Bonchev–Trinajstić information content (AvgIpc) is 2.77. The molecule has 2 heterocycles. The van der Waals surface area contributed by atoms with E-state index in [-0.39, 0.29) is 6.54 Å². The summed E-state index contributed by atoms with van der Waals surface area (Å²) in [5, 5.41) is 6.23. The van der Waals surface area contributed by atoms with E-state index in [9.17, 15) is 17.6 Å². The molecule has 102 valence electrons. The summed E-state index contributed by atoms with van der Waals surface area (Å²) < 4.78 is 53.7. The number of pyridine rings is 1. The Bertz CT molecular complexity index is 570. The van der Waals surface area contributed by atoms with Crippen LogP contribution in [0.2, 0.25) is 0 Å². The fourth-order valence-corrected chi connectivity index (χ4v) is 1.58. The van der Waals surface area contributed by atoms with Gasteiger partial charge in [-0.05, 0) is 12.0 Å². The van der Waals surface area contributed by atoms with Crippen molar-refractivity contribution in [1.29, 1.82) is 0 Å². The lowest BCUT2D eigenvalue weighted by atomic mass is 10.2. The molecule has 0 fully saturated rings. The monoisotopic (exact) mass is 274 g/mol. The van der Waals surface area contributed by atoms with E-state index < -0.39 is 29.2 Å². The molecule has 0 spiro atoms. The van der Waals surface area contributed by atoms with Gasteiger partial charge in [-0.2, -0.15) is 27.6 Å². The Morgan fingerprint density at radius 1 is 1.16 bits per heavy atom. The highest BCUT2D eigenvalue weighted by Crippen LogP contribution is 2.21. The van der Waals surface area contributed by atoms with E-state index in [1.54, 1.807) is 24.1 Å². The lowest BCUT2D eigenvalue weighted by molar-refractivity contribution is 0.410. The van der Waals surface area contributed by atoms with Gasteiger partial charge in [0.15, 0.2) is 0 Å². The number of halogens is 4. The van der Waals surface area contributed by atoms with Crippen molar-refractivity contribution in [1.82, 2.24) is 14.8 Å². The largest absolute Gasteiger partial charge is 0.380 e. The standard InChI is InChI=1S/C11H10F4N4/c1-19-5-6(4-17-19)2-3-16-9-7(12)10(14)18-11(15)8(9)13/h4-5H,2-3H2,1H3,(H,16,18). The van der Waals surface area contributed by atoms with Gasteiger partial charge in [0.1, 0.15) is 5.69 Å². The zero-order valence-electron chi connectivity index (χ0n) is 9.92. The van der Waals surface area contributed by atoms with Crippen LogP contribution in [0.3, 0.4) is 0 Å². The molecule has 0 bridgehead atoms. The van der Waals surface area contributed by atoms with Gasteiger partial charge in [0.2, 0.25) is 11.6 Å². The summed E-state index contributed by atoms with van der Waals surface area (Å²) in [6.07, 6.45) is 3.71. The van der Waals surface area contributed by atoms with Gasteiger partial charge in [-0.25, -0.2) is 0 Å². The molecule has 0 saturated carbocycles. The minimum absolute atomic E-state index is 0.0996. The normalized spacial score (nSPS) is 10.8. The summed E-state index contributed by atoms with van der Waals surface area (Å²) in [5.41, 5.74) is -0.0280. The minimum atomic E-state index is -1.68. The topological polar surface area (TPSA) is 42.7 Å². The molecule has 1 N–H and O–H groups in total. The van der Waals surface area contributed by atoms with E-state index in [1.165, 1.54) is 0 Å². The van der Waals surface area contributed by atoms with Gasteiger partial charge in [-0.15, -0.1) is 0 Å². The molecule has 2 rings (SSSR count). The van der Waals surface area contributed by atoms with Crippen LogP contribution >= 0.6 is 0 Å². The summed E-state index contributed by atoms with van der Waals surface area (Å²) in [4.78, 5) is 2.47. The van der Waals surface area contributed by atoms with Gasteiger partial charge in [-0.3, -0.25) is 4.68 Å². The van der Waals surface area contributed by atoms with Crippen molar-refractivity contribution in [2.45, 2.75) is 6.42 Å². The molecule has 0 aromatic carbocycles. The molecule has 4 nitrogen and oxygen atoms in total. The molecule has 0 unspecified atom stereocenters. The molecule has 0 saturated heterocycles. The number of rotatable bonds is 4. The van der Waals surface area contributed by atoms with E-state index in [2.05, 4.69) is 15.4 Å². The minimum Gasteiger partial charge on any atom is -0.380 e. The van der Waals surface area contributed by atoms with Crippen LogP contribution < -0.4 is 5.32 Å². The lowest BCUT2D eigenvalue weighted by Gasteiger charge is -2.08. The van der Waals surface area contributed by atoms with E-state index in [1.807, 2.05) is 0 Å². The van der Waals surface area contributed by atoms with Gasteiger partial charge in [0, 0.05) is 19.8 Å². The fourth-order valence-electron chi connectivity index (χ4n) is 1.58. The highest BCUT2D eigenvalue weighted by molar-refractivity contribution is 5.45. The SMILES string of the molecule is Cn1cc(CCNc2c(F)c(F)nc(F)c2F)cn1. The molecule has 0 aliphatic rings. The van der Waals surface area contributed by atoms with Crippen molar-refractivity contribution >= 4 is 5.69 Å². The maximum absolute atomic E-state index is 13.2. The van der Waals surface area contributed by atoms with E-state index >= 15 is 0 Å². The summed E-state index contributed by atoms with van der Waals surface area (Å²) in [6.45, 7) is 0.0996. The molecular weight excluding hydrogens is 264 g/mol. The second kappa shape index (κ2) is 5.25. The number of aromatic nitrogens is 3. The van der Waals surface area contributed by atoms with Crippen molar-refractivity contribution in [3.05, 3.63) is 41.5 Å². The molecule has 0 atom stereocenters. The highest BCUT2D eigenvalue weighted by Gasteiger charge is 2.20. The van der Waals surface area contributed by atoms with Crippen LogP contribution in [0.25, 0.3) is 0 Å². The van der Waals surface area contributed by atoms with Crippen LogP contribution in [0.4, 0.5) is 23.2 Å². The first-order valence-corrected chi connectivity index (χ1v) is 5.40. The predicted molar refractivity (Wildman–Crippen MR) is 59.5 cm³/mol. The average molecular weight is 274 g/mol. The van der Waals surface area contributed by atoms with Crippen LogP contribution in [0, 0.1) is 23.5 Å². The fraction of sp³-hybridized carbons (Fsp3) is 0.273. The number of nitrogens with one attached hydrogen (secondary N) is 1. The third-order valence-electron chi connectivity index (χ3n) is 2.47. The van der Waals surface area contributed by atoms with Crippen LogP contribution in [-0.2, 0) is 13.5 Å². The quantitative estimate of drug-likeness (QED) is 0.685. The molecule has 0 radical (unpaired) electrons. The van der Waals surface area contributed by atoms with Crippen molar-refractivity contribution < 1.29 is 17.6 Å². The maximum atomic E-state index is 13.2. The first-order valence-electron chi connectivity index (χ1n) is 5.40. The van der Waals surface area contributed by atoms with Crippen molar-refractivity contribution in [3.8, 4) is 0 Å². The number of nitrogens with zero attached hydrogens (tertiary/aromatic N) is 3. The molecular formula is C11H10F4N4. The highest BCUT2D eigenvalue weighted by atomic mass is 19.2. The van der Waals surface area contributed by atoms with Gasteiger partial charge in [-0.1, -0.05) is 0 Å². The second-order valence-electron chi connectivity index (χ2n) is 3.90. The third kappa shape index (κ3) is 2.83. The molecule has 2 aromatic heterocycles. The maximum Gasteiger partial charge on any atom is 0.253 e. The molecule has 0 aliphatic heterocycles. The van der Waals surface area contributed by atoms with Crippen molar-refractivity contribution in [2.24, 2.45) is 7.05 Å². The first-order chi connectivity index (χ1) is 8.99. The Hall–Kier alpha value is -2.12. The Morgan fingerprint density at radius 3 is 2.32 bits per heavy atom. The van der Waals surface area contributed by atoms with Crippen LogP contribution in [0.15, 0.2) is 12.4 Å². The summed E-state index contributed by atoms with van der Waals surface area (Å²) in [6, 6.07) is 0. The summed E-state index contributed by atoms with van der Waals surface area (Å²) >= 11 is 0. The first kappa shape index (κ1) is 13.3. The lowest BCUT2D eigenvalue weighted by Crippen LogP contribution is -2.11. The molecule has 2 aromatic rings. The van der Waals surface area contributed by atoms with Gasteiger partial charge < -0.3 is 5.32 Å². The number of hydrogen-bond donors (Lipinski definition) is 1. The van der Waals surface area contributed by atoms with Gasteiger partial charge >= 0.3 is 0 Å². The van der Waals surface area contributed by atoms with Crippen LogP contribution in [0.1, 0.15) is 5.56 Å². The predicted octanol–water partition coefficient (Wildman–Crippen LogP) is 2.03. The Kier molecular flexibility index (Phi) is 3.68. The number of hydrogen-bond acceptors (Lipinski definition) is 3. The number of aryl methyl sites for hydroxylation is 1. The molecule has 0 aliphatic carbocycles. The van der Waals surface area contributed by atoms with E-state index in [0.717, 1.165) is 5.56 Å². The third-order valence-corrected chi connectivity index (χ3v) is 2.47. The Morgan fingerprint density at radius 2 is 1.79 bits per heavy atom. The Balaban J connectivity index is 2.07. The van der Waals surface area contributed by atoms with Crippen LogP contribution in [-0.4, -0.2) is 21.3 Å². The number of anilines is 1. The second-order valence-corrected chi connectivity index (χ2v) is 3.90. The molecule has 19 heavy (non-hydrogen) atoms.